The van der Waals surface area contributed by atoms with E-state index in [-0.39, 0.29) is 5.54 Å². The van der Waals surface area contributed by atoms with Gasteiger partial charge in [0, 0.05) is 18.5 Å². The van der Waals surface area contributed by atoms with Crippen molar-refractivity contribution in [1.82, 2.24) is 5.32 Å². The first kappa shape index (κ1) is 16.0. The molecule has 2 N–H and O–H groups in total. The number of hydrogen-bond donors (Lipinski definition) is 2. The molecule has 0 heterocycles. The highest BCUT2D eigenvalue weighted by Crippen LogP contribution is 2.15. The Morgan fingerprint density at radius 1 is 1.05 bits per heavy atom. The summed E-state index contributed by atoms with van der Waals surface area (Å²) < 4.78 is 5.60. The molecule has 0 spiro atoms. The van der Waals surface area contributed by atoms with Crippen molar-refractivity contribution in [1.29, 1.82) is 0 Å². The van der Waals surface area contributed by atoms with Gasteiger partial charge >= 0.3 is 0 Å². The third-order valence-electron chi connectivity index (χ3n) is 2.73. The summed E-state index contributed by atoms with van der Waals surface area (Å²) >= 11 is 0. The molecule has 0 aliphatic carbocycles. The van der Waals surface area contributed by atoms with Gasteiger partial charge in [0.05, 0.1) is 12.2 Å². The van der Waals surface area contributed by atoms with Crippen molar-refractivity contribution in [2.24, 2.45) is 0 Å². The number of nitrogens with one attached hydrogen (secondary N) is 1. The minimum Gasteiger partial charge on any atom is -0.493 e. The molecule has 0 aliphatic heterocycles. The summed E-state index contributed by atoms with van der Waals surface area (Å²) in [5, 5.41) is 13.0. The van der Waals surface area contributed by atoms with E-state index in [4.69, 9.17) is 4.74 Å². The van der Waals surface area contributed by atoms with Crippen LogP contribution in [-0.4, -0.2) is 22.9 Å². The van der Waals surface area contributed by atoms with Crippen molar-refractivity contribution in [3.63, 3.8) is 0 Å². The summed E-state index contributed by atoms with van der Waals surface area (Å²) in [6.07, 6.45) is 0.625. The van der Waals surface area contributed by atoms with Crippen LogP contribution in [0, 0.1) is 0 Å². The van der Waals surface area contributed by atoms with Crippen molar-refractivity contribution in [2.75, 3.05) is 6.61 Å². The lowest BCUT2D eigenvalue weighted by atomic mass is 10.1. The molecular weight excluding hydrogens is 238 g/mol. The third kappa shape index (κ3) is 7.85. The molecule has 0 amide bonds. The maximum atomic E-state index is 9.60. The van der Waals surface area contributed by atoms with Crippen LogP contribution < -0.4 is 10.1 Å². The van der Waals surface area contributed by atoms with Gasteiger partial charge in [-0.05, 0) is 52.3 Å². The first-order valence-electron chi connectivity index (χ1n) is 6.85. The summed E-state index contributed by atoms with van der Waals surface area (Å²) in [6.45, 7) is 11.4. The first-order valence-corrected chi connectivity index (χ1v) is 6.85. The van der Waals surface area contributed by atoms with Crippen LogP contribution in [0.5, 0.6) is 5.75 Å². The lowest BCUT2D eigenvalue weighted by molar-refractivity contribution is 0.0553. The molecule has 0 saturated heterocycles. The van der Waals surface area contributed by atoms with E-state index in [1.165, 1.54) is 5.56 Å². The molecule has 19 heavy (non-hydrogen) atoms. The van der Waals surface area contributed by atoms with Gasteiger partial charge in [0.1, 0.15) is 5.75 Å². The third-order valence-corrected chi connectivity index (χ3v) is 2.73. The molecule has 108 valence electrons. The van der Waals surface area contributed by atoms with E-state index in [0.717, 1.165) is 12.3 Å². The molecule has 1 rings (SSSR count). The monoisotopic (exact) mass is 265 g/mol. The largest absolute Gasteiger partial charge is 0.493 e. The van der Waals surface area contributed by atoms with Gasteiger partial charge in [-0.3, -0.25) is 0 Å². The lowest BCUT2D eigenvalue weighted by Gasteiger charge is -2.20. The maximum absolute atomic E-state index is 9.60. The zero-order chi connectivity index (χ0) is 14.5. The van der Waals surface area contributed by atoms with Crippen LogP contribution in [0.4, 0.5) is 0 Å². The average Bonchev–Trinajstić information content (AvgIpc) is 2.25. The first-order chi connectivity index (χ1) is 8.66. The summed E-state index contributed by atoms with van der Waals surface area (Å²) in [4.78, 5) is 0. The summed E-state index contributed by atoms with van der Waals surface area (Å²) in [5.74, 6) is 0.851. The second-order valence-electron chi connectivity index (χ2n) is 6.66. The Kier molecular flexibility index (Phi) is 5.39. The quantitative estimate of drug-likeness (QED) is 0.830. The fourth-order valence-electron chi connectivity index (χ4n) is 1.49. The summed E-state index contributed by atoms with van der Waals surface area (Å²) in [5.41, 5.74) is 0.697. The molecule has 0 atom stereocenters. The predicted octanol–water partition coefficient (Wildman–Crippen LogP) is 3.11. The molecule has 3 nitrogen and oxygen atoms in total. The SMILES string of the molecule is CC(C)(O)CCOc1ccc(CNC(C)(C)C)cc1. The van der Waals surface area contributed by atoms with E-state index in [1.807, 2.05) is 12.1 Å². The van der Waals surface area contributed by atoms with Gasteiger partial charge in [-0.2, -0.15) is 0 Å². The van der Waals surface area contributed by atoms with Crippen molar-refractivity contribution in [2.45, 2.75) is 58.7 Å². The standard InChI is InChI=1S/C16H27NO2/c1-15(2,3)17-12-13-6-8-14(9-7-13)19-11-10-16(4,5)18/h6-9,17-18H,10-12H2,1-5H3. The smallest absolute Gasteiger partial charge is 0.119 e. The van der Waals surface area contributed by atoms with Crippen molar-refractivity contribution in [3.05, 3.63) is 29.8 Å². The molecule has 0 aliphatic rings. The second kappa shape index (κ2) is 6.40. The van der Waals surface area contributed by atoms with Gasteiger partial charge in [-0.1, -0.05) is 12.1 Å². The normalized spacial score (nSPS) is 12.5. The van der Waals surface area contributed by atoms with E-state index < -0.39 is 5.60 Å². The Morgan fingerprint density at radius 3 is 2.11 bits per heavy atom. The molecule has 0 aromatic heterocycles. The minimum absolute atomic E-state index is 0.127. The zero-order valence-electron chi connectivity index (χ0n) is 12.8. The van der Waals surface area contributed by atoms with Crippen LogP contribution in [0.1, 0.15) is 46.6 Å². The van der Waals surface area contributed by atoms with Crippen LogP contribution in [0.2, 0.25) is 0 Å². The van der Waals surface area contributed by atoms with Crippen molar-refractivity contribution in [3.8, 4) is 5.75 Å². The minimum atomic E-state index is -0.670. The molecule has 0 radical (unpaired) electrons. The number of hydrogen-bond acceptors (Lipinski definition) is 3. The zero-order valence-corrected chi connectivity index (χ0v) is 12.8. The Labute approximate surface area is 117 Å². The number of rotatable bonds is 6. The van der Waals surface area contributed by atoms with Crippen molar-refractivity contribution >= 4 is 0 Å². The topological polar surface area (TPSA) is 41.5 Å². The number of aliphatic hydroxyl groups is 1. The van der Waals surface area contributed by atoms with Gasteiger partial charge in [0.15, 0.2) is 0 Å². The van der Waals surface area contributed by atoms with Crippen LogP contribution in [-0.2, 0) is 6.54 Å². The van der Waals surface area contributed by atoms with E-state index in [2.05, 4.69) is 38.2 Å². The highest BCUT2D eigenvalue weighted by Gasteiger charge is 2.12. The summed E-state index contributed by atoms with van der Waals surface area (Å²) in [7, 11) is 0. The number of ether oxygens (including phenoxy) is 1. The van der Waals surface area contributed by atoms with Gasteiger partial charge < -0.3 is 15.2 Å². The summed E-state index contributed by atoms with van der Waals surface area (Å²) in [6, 6.07) is 8.09. The van der Waals surface area contributed by atoms with Gasteiger partial charge in [-0.15, -0.1) is 0 Å². The van der Waals surface area contributed by atoms with Gasteiger partial charge in [0.2, 0.25) is 0 Å². The average molecular weight is 265 g/mol. The molecule has 0 fully saturated rings. The molecule has 3 heteroatoms. The van der Waals surface area contributed by atoms with Crippen LogP contribution >= 0.6 is 0 Å². The molecular formula is C16H27NO2. The molecule has 0 saturated carbocycles. The Morgan fingerprint density at radius 2 is 1.63 bits per heavy atom. The van der Waals surface area contributed by atoms with Gasteiger partial charge in [0.25, 0.3) is 0 Å². The Balaban J connectivity index is 2.39. The Hall–Kier alpha value is -1.06. The van der Waals surface area contributed by atoms with Crippen molar-refractivity contribution < 1.29 is 9.84 Å². The van der Waals surface area contributed by atoms with E-state index in [9.17, 15) is 5.11 Å². The molecule has 0 unspecified atom stereocenters. The maximum Gasteiger partial charge on any atom is 0.119 e. The fraction of sp³-hybridized carbons (Fsp3) is 0.625. The molecule has 1 aromatic rings. The Bertz CT molecular complexity index is 371. The molecule has 0 bridgehead atoms. The van der Waals surface area contributed by atoms with Crippen LogP contribution in [0.15, 0.2) is 24.3 Å². The van der Waals surface area contributed by atoms with Gasteiger partial charge in [-0.25, -0.2) is 0 Å². The fourth-order valence-corrected chi connectivity index (χ4v) is 1.49. The van der Waals surface area contributed by atoms with E-state index in [1.54, 1.807) is 13.8 Å². The lowest BCUT2D eigenvalue weighted by Crippen LogP contribution is -2.35. The predicted molar refractivity (Wildman–Crippen MR) is 79.4 cm³/mol. The highest BCUT2D eigenvalue weighted by molar-refractivity contribution is 5.27. The van der Waals surface area contributed by atoms with Crippen LogP contribution in [0.25, 0.3) is 0 Å². The molecule has 1 aromatic carbocycles. The van der Waals surface area contributed by atoms with E-state index in [0.29, 0.717) is 13.0 Å². The van der Waals surface area contributed by atoms with E-state index >= 15 is 0 Å². The highest BCUT2D eigenvalue weighted by atomic mass is 16.5. The van der Waals surface area contributed by atoms with Crippen LogP contribution in [0.3, 0.4) is 0 Å². The second-order valence-corrected chi connectivity index (χ2v) is 6.66. The number of benzene rings is 1.